The van der Waals surface area contributed by atoms with Gasteiger partial charge in [-0.2, -0.15) is 0 Å². The number of hydrogen-bond acceptors (Lipinski definition) is 4. The van der Waals surface area contributed by atoms with Gasteiger partial charge in [-0.15, -0.1) is 0 Å². The van der Waals surface area contributed by atoms with Crippen molar-refractivity contribution in [2.45, 2.75) is 25.8 Å². The lowest BCUT2D eigenvalue weighted by Crippen LogP contribution is -2.48. The van der Waals surface area contributed by atoms with Crippen LogP contribution in [-0.2, 0) is 16.0 Å². The molecular formula is C12H17NO3. The van der Waals surface area contributed by atoms with E-state index in [0.29, 0.717) is 13.0 Å². The summed E-state index contributed by atoms with van der Waals surface area (Å²) in [7, 11) is 0. The summed E-state index contributed by atoms with van der Waals surface area (Å²) in [4.78, 5) is 11.5. The van der Waals surface area contributed by atoms with Crippen LogP contribution in [0, 0.1) is 0 Å². The molecule has 0 saturated heterocycles. The highest BCUT2D eigenvalue weighted by molar-refractivity contribution is 5.80. The molecule has 0 aliphatic heterocycles. The number of nitrogens with two attached hydrogens (primary N) is 1. The summed E-state index contributed by atoms with van der Waals surface area (Å²) in [5.41, 5.74) is 5.73. The molecule has 88 valence electrons. The molecule has 0 aliphatic carbocycles. The van der Waals surface area contributed by atoms with Crippen molar-refractivity contribution < 1.29 is 14.6 Å². The van der Waals surface area contributed by atoms with Crippen LogP contribution in [0.3, 0.4) is 0 Å². The fourth-order valence-electron chi connectivity index (χ4n) is 1.41. The van der Waals surface area contributed by atoms with Crippen LogP contribution in [0.1, 0.15) is 19.4 Å². The molecule has 0 saturated carbocycles. The van der Waals surface area contributed by atoms with Gasteiger partial charge in [-0.1, -0.05) is 12.1 Å². The molecule has 1 atom stereocenters. The van der Waals surface area contributed by atoms with E-state index in [9.17, 15) is 4.79 Å². The standard InChI is InChI=1S/C12H17NO3/c1-3-16-11(15)12(2,13)8-9-4-6-10(14)7-5-9/h4-7,14H,3,8,13H2,1-2H3/t12-/m1/s1. The van der Waals surface area contributed by atoms with Crippen molar-refractivity contribution in [3.05, 3.63) is 29.8 Å². The van der Waals surface area contributed by atoms with Crippen LogP contribution in [0.4, 0.5) is 0 Å². The third-order valence-corrected chi connectivity index (χ3v) is 2.25. The Morgan fingerprint density at radius 1 is 1.44 bits per heavy atom. The van der Waals surface area contributed by atoms with E-state index in [1.165, 1.54) is 0 Å². The summed E-state index contributed by atoms with van der Waals surface area (Å²) in [5, 5.41) is 9.13. The van der Waals surface area contributed by atoms with Crippen LogP contribution >= 0.6 is 0 Å². The summed E-state index contributed by atoms with van der Waals surface area (Å²) in [6.07, 6.45) is 0.381. The summed E-state index contributed by atoms with van der Waals surface area (Å²) >= 11 is 0. The first kappa shape index (κ1) is 12.5. The van der Waals surface area contributed by atoms with Gasteiger partial charge in [0, 0.05) is 6.42 Å². The number of rotatable bonds is 4. The largest absolute Gasteiger partial charge is 0.508 e. The molecule has 3 N–H and O–H groups in total. The molecule has 0 bridgehead atoms. The van der Waals surface area contributed by atoms with E-state index in [1.54, 1.807) is 38.1 Å². The molecule has 0 aromatic heterocycles. The van der Waals surface area contributed by atoms with Crippen LogP contribution < -0.4 is 5.73 Å². The molecule has 0 amide bonds. The van der Waals surface area contributed by atoms with E-state index in [-0.39, 0.29) is 5.75 Å². The first-order valence-electron chi connectivity index (χ1n) is 5.19. The molecule has 0 heterocycles. The van der Waals surface area contributed by atoms with Gasteiger partial charge in [-0.05, 0) is 31.5 Å². The fourth-order valence-corrected chi connectivity index (χ4v) is 1.41. The van der Waals surface area contributed by atoms with Crippen LogP contribution in [0.15, 0.2) is 24.3 Å². The Morgan fingerprint density at radius 3 is 2.50 bits per heavy atom. The number of phenolic OH excluding ortho intramolecular Hbond substituents is 1. The Balaban J connectivity index is 2.72. The maximum Gasteiger partial charge on any atom is 0.326 e. The van der Waals surface area contributed by atoms with Crippen LogP contribution in [-0.4, -0.2) is 23.2 Å². The number of phenols is 1. The van der Waals surface area contributed by atoms with Crippen molar-refractivity contribution in [3.63, 3.8) is 0 Å². The Labute approximate surface area is 95.0 Å². The van der Waals surface area contributed by atoms with Gasteiger partial charge < -0.3 is 15.6 Å². The van der Waals surface area contributed by atoms with Gasteiger partial charge in [0.15, 0.2) is 0 Å². The lowest BCUT2D eigenvalue weighted by Gasteiger charge is -2.22. The van der Waals surface area contributed by atoms with E-state index in [0.717, 1.165) is 5.56 Å². The summed E-state index contributed by atoms with van der Waals surface area (Å²) in [6, 6.07) is 6.60. The van der Waals surface area contributed by atoms with Crippen molar-refractivity contribution in [2.75, 3.05) is 6.61 Å². The molecule has 1 aromatic carbocycles. The van der Waals surface area contributed by atoms with Crippen molar-refractivity contribution in [1.82, 2.24) is 0 Å². The second kappa shape index (κ2) is 4.99. The highest BCUT2D eigenvalue weighted by atomic mass is 16.5. The van der Waals surface area contributed by atoms with Gasteiger partial charge in [0.05, 0.1) is 6.61 Å². The molecule has 0 fully saturated rings. The molecule has 4 nitrogen and oxygen atoms in total. The van der Waals surface area contributed by atoms with Gasteiger partial charge in [0.25, 0.3) is 0 Å². The third kappa shape index (κ3) is 3.24. The zero-order valence-electron chi connectivity index (χ0n) is 9.56. The number of esters is 1. The highest BCUT2D eigenvalue weighted by Crippen LogP contribution is 2.15. The molecule has 4 heteroatoms. The number of aromatic hydroxyl groups is 1. The maximum absolute atomic E-state index is 11.5. The van der Waals surface area contributed by atoms with E-state index in [2.05, 4.69) is 0 Å². The molecular weight excluding hydrogens is 206 g/mol. The van der Waals surface area contributed by atoms with Crippen molar-refractivity contribution >= 4 is 5.97 Å². The monoisotopic (exact) mass is 223 g/mol. The average molecular weight is 223 g/mol. The number of benzene rings is 1. The number of carbonyl (C=O) groups excluding carboxylic acids is 1. The average Bonchev–Trinajstić information content (AvgIpc) is 2.21. The molecule has 16 heavy (non-hydrogen) atoms. The lowest BCUT2D eigenvalue weighted by atomic mass is 9.94. The van der Waals surface area contributed by atoms with Crippen molar-refractivity contribution in [1.29, 1.82) is 0 Å². The Kier molecular flexibility index (Phi) is 3.90. The molecule has 1 rings (SSSR count). The SMILES string of the molecule is CCOC(=O)[C@](C)(N)Cc1ccc(O)cc1. The Morgan fingerprint density at radius 2 is 2.00 bits per heavy atom. The molecule has 0 spiro atoms. The van der Waals surface area contributed by atoms with Crippen molar-refractivity contribution in [2.24, 2.45) is 5.73 Å². The van der Waals surface area contributed by atoms with Gasteiger partial charge >= 0.3 is 5.97 Å². The normalized spacial score (nSPS) is 14.2. The van der Waals surface area contributed by atoms with E-state index in [4.69, 9.17) is 15.6 Å². The predicted octanol–water partition coefficient (Wildman–Crippen LogP) is 1.22. The Bertz CT molecular complexity index is 357. The number of hydrogen-bond donors (Lipinski definition) is 2. The highest BCUT2D eigenvalue weighted by Gasteiger charge is 2.29. The molecule has 1 aromatic rings. The fraction of sp³-hybridized carbons (Fsp3) is 0.417. The molecule has 0 radical (unpaired) electrons. The first-order chi connectivity index (χ1) is 7.45. The van der Waals surface area contributed by atoms with E-state index in [1.807, 2.05) is 0 Å². The van der Waals surface area contributed by atoms with Gasteiger partial charge in [0.1, 0.15) is 11.3 Å². The summed E-state index contributed by atoms with van der Waals surface area (Å²) < 4.78 is 4.89. The minimum absolute atomic E-state index is 0.193. The minimum Gasteiger partial charge on any atom is -0.508 e. The Hall–Kier alpha value is -1.55. The first-order valence-corrected chi connectivity index (χ1v) is 5.19. The van der Waals surface area contributed by atoms with Crippen LogP contribution in [0.5, 0.6) is 5.75 Å². The smallest absolute Gasteiger partial charge is 0.326 e. The van der Waals surface area contributed by atoms with Gasteiger partial charge in [0.2, 0.25) is 0 Å². The predicted molar refractivity (Wildman–Crippen MR) is 61.0 cm³/mol. The lowest BCUT2D eigenvalue weighted by molar-refractivity contribution is -0.148. The zero-order chi connectivity index (χ0) is 12.2. The van der Waals surface area contributed by atoms with Crippen LogP contribution in [0.25, 0.3) is 0 Å². The van der Waals surface area contributed by atoms with Crippen molar-refractivity contribution in [3.8, 4) is 5.75 Å². The topological polar surface area (TPSA) is 72.5 Å². The quantitative estimate of drug-likeness (QED) is 0.753. The minimum atomic E-state index is -1.03. The maximum atomic E-state index is 11.5. The summed E-state index contributed by atoms with van der Waals surface area (Å²) in [5.74, 6) is -0.221. The third-order valence-electron chi connectivity index (χ3n) is 2.25. The second-order valence-electron chi connectivity index (χ2n) is 3.98. The van der Waals surface area contributed by atoms with Crippen LogP contribution in [0.2, 0.25) is 0 Å². The van der Waals surface area contributed by atoms with E-state index >= 15 is 0 Å². The molecule has 0 aliphatic rings. The van der Waals surface area contributed by atoms with Gasteiger partial charge in [-0.3, -0.25) is 4.79 Å². The van der Waals surface area contributed by atoms with Gasteiger partial charge in [-0.25, -0.2) is 0 Å². The van der Waals surface area contributed by atoms with E-state index < -0.39 is 11.5 Å². The number of ether oxygens (including phenoxy) is 1. The summed E-state index contributed by atoms with van der Waals surface area (Å²) in [6.45, 7) is 3.70. The number of carbonyl (C=O) groups is 1. The second-order valence-corrected chi connectivity index (χ2v) is 3.98. The molecule has 0 unspecified atom stereocenters. The zero-order valence-corrected chi connectivity index (χ0v) is 9.56.